The molecule has 1 N–H and O–H groups in total. The fourth-order valence-electron chi connectivity index (χ4n) is 1.42. The molecule has 4 heteroatoms. The first-order valence-corrected chi connectivity index (χ1v) is 5.70. The van der Waals surface area contributed by atoms with E-state index in [-0.39, 0.29) is 0 Å². The van der Waals surface area contributed by atoms with Crippen LogP contribution in [0.1, 0.15) is 22.7 Å². The quantitative estimate of drug-likeness (QED) is 0.816. The molecular formula is C10H16N2OS. The Morgan fingerprint density at radius 3 is 2.86 bits per heavy atom. The maximum absolute atomic E-state index is 9.73. The summed E-state index contributed by atoms with van der Waals surface area (Å²) in [5, 5.41) is 10.8. The van der Waals surface area contributed by atoms with Gasteiger partial charge in [-0.3, -0.25) is 0 Å². The summed E-state index contributed by atoms with van der Waals surface area (Å²) in [7, 11) is 4.10. The zero-order chi connectivity index (χ0) is 10.2. The molecule has 0 spiro atoms. The van der Waals surface area contributed by atoms with Crippen LogP contribution in [0, 0.1) is 0 Å². The largest absolute Gasteiger partial charge is 0.389 e. The number of aliphatic hydroxyl groups is 1. The van der Waals surface area contributed by atoms with Crippen molar-refractivity contribution in [3.05, 3.63) is 16.1 Å². The van der Waals surface area contributed by atoms with Crippen molar-refractivity contribution < 1.29 is 5.11 Å². The molecule has 0 amide bonds. The first-order chi connectivity index (χ1) is 6.57. The molecule has 78 valence electrons. The summed E-state index contributed by atoms with van der Waals surface area (Å²) in [5.41, 5.74) is -0.409. The van der Waals surface area contributed by atoms with Gasteiger partial charge in [0.25, 0.3) is 0 Å². The molecule has 0 aromatic carbocycles. The smallest absolute Gasteiger partial charge is 0.0956 e. The van der Waals surface area contributed by atoms with Gasteiger partial charge in [-0.25, -0.2) is 4.98 Å². The fraction of sp³-hybridized carbons (Fsp3) is 0.700. The van der Waals surface area contributed by atoms with Gasteiger partial charge in [0.2, 0.25) is 0 Å². The van der Waals surface area contributed by atoms with Crippen molar-refractivity contribution in [1.29, 1.82) is 0 Å². The van der Waals surface area contributed by atoms with Gasteiger partial charge in [-0.2, -0.15) is 0 Å². The maximum Gasteiger partial charge on any atom is 0.0956 e. The summed E-state index contributed by atoms with van der Waals surface area (Å²) in [6.07, 6.45) is 4.54. The Morgan fingerprint density at radius 1 is 1.57 bits per heavy atom. The van der Waals surface area contributed by atoms with Crippen LogP contribution in [-0.4, -0.2) is 34.7 Å². The molecule has 1 aromatic heterocycles. The maximum atomic E-state index is 9.73. The van der Waals surface area contributed by atoms with Gasteiger partial charge in [0, 0.05) is 24.0 Å². The lowest BCUT2D eigenvalue weighted by Gasteiger charge is -2.05. The minimum Gasteiger partial charge on any atom is -0.389 e. The van der Waals surface area contributed by atoms with Gasteiger partial charge in [0.05, 0.1) is 10.6 Å². The van der Waals surface area contributed by atoms with E-state index in [1.54, 1.807) is 11.3 Å². The van der Waals surface area contributed by atoms with E-state index in [1.807, 2.05) is 20.3 Å². The Kier molecular flexibility index (Phi) is 2.60. The predicted molar refractivity (Wildman–Crippen MR) is 57.4 cm³/mol. The highest BCUT2D eigenvalue weighted by molar-refractivity contribution is 7.11. The molecule has 0 radical (unpaired) electrons. The second-order valence-corrected chi connectivity index (χ2v) is 5.56. The Labute approximate surface area is 88.4 Å². The van der Waals surface area contributed by atoms with Crippen LogP contribution in [0.3, 0.4) is 0 Å². The third-order valence-electron chi connectivity index (χ3n) is 2.38. The molecule has 0 aliphatic heterocycles. The molecule has 1 saturated carbocycles. The molecule has 0 atom stereocenters. The first-order valence-electron chi connectivity index (χ1n) is 4.88. The molecule has 0 bridgehead atoms. The van der Waals surface area contributed by atoms with Crippen LogP contribution in [0.5, 0.6) is 0 Å². The molecule has 0 unspecified atom stereocenters. The van der Waals surface area contributed by atoms with E-state index in [1.165, 1.54) is 4.88 Å². The monoisotopic (exact) mass is 212 g/mol. The summed E-state index contributed by atoms with van der Waals surface area (Å²) >= 11 is 1.72. The summed E-state index contributed by atoms with van der Waals surface area (Å²) in [6, 6.07) is 0. The van der Waals surface area contributed by atoms with Crippen LogP contribution in [0.2, 0.25) is 0 Å². The Hall–Kier alpha value is -0.450. The lowest BCUT2D eigenvalue weighted by atomic mass is 10.2. The Balaban J connectivity index is 1.95. The van der Waals surface area contributed by atoms with E-state index in [4.69, 9.17) is 0 Å². The standard InChI is InChI=1S/C10H16N2OS/c1-12(2)7-8-6-11-9(14-8)5-10(13)3-4-10/h6,13H,3-5,7H2,1-2H3. The number of nitrogens with zero attached hydrogens (tertiary/aromatic N) is 2. The number of thiazole rings is 1. The summed E-state index contributed by atoms with van der Waals surface area (Å²) in [6.45, 7) is 0.941. The molecule has 1 aliphatic carbocycles. The highest BCUT2D eigenvalue weighted by Crippen LogP contribution is 2.38. The van der Waals surface area contributed by atoms with Crippen molar-refractivity contribution in [2.24, 2.45) is 0 Å². The average Bonchev–Trinajstić information content (AvgIpc) is 2.61. The molecular weight excluding hydrogens is 196 g/mol. The van der Waals surface area contributed by atoms with Crippen LogP contribution in [0.15, 0.2) is 6.20 Å². The molecule has 1 fully saturated rings. The van der Waals surface area contributed by atoms with E-state index in [0.717, 1.165) is 30.8 Å². The minimum atomic E-state index is -0.409. The summed E-state index contributed by atoms with van der Waals surface area (Å²) < 4.78 is 0. The zero-order valence-electron chi connectivity index (χ0n) is 8.66. The van der Waals surface area contributed by atoms with Gasteiger partial charge in [0.1, 0.15) is 0 Å². The van der Waals surface area contributed by atoms with Crippen molar-refractivity contribution >= 4 is 11.3 Å². The number of rotatable bonds is 4. The molecule has 3 nitrogen and oxygen atoms in total. The number of hydrogen-bond donors (Lipinski definition) is 1. The van der Waals surface area contributed by atoms with Crippen molar-refractivity contribution in [2.75, 3.05) is 14.1 Å². The average molecular weight is 212 g/mol. The second kappa shape index (κ2) is 3.61. The van der Waals surface area contributed by atoms with E-state index < -0.39 is 5.60 Å². The van der Waals surface area contributed by atoms with E-state index in [9.17, 15) is 5.11 Å². The van der Waals surface area contributed by atoms with E-state index in [0.29, 0.717) is 0 Å². The van der Waals surface area contributed by atoms with Crippen LogP contribution in [-0.2, 0) is 13.0 Å². The summed E-state index contributed by atoms with van der Waals surface area (Å²) in [5.74, 6) is 0. The molecule has 1 heterocycles. The van der Waals surface area contributed by atoms with Crippen molar-refractivity contribution in [3.8, 4) is 0 Å². The predicted octanol–water partition coefficient (Wildman–Crippen LogP) is 1.27. The van der Waals surface area contributed by atoms with Crippen molar-refractivity contribution in [3.63, 3.8) is 0 Å². The zero-order valence-corrected chi connectivity index (χ0v) is 9.47. The highest BCUT2D eigenvalue weighted by Gasteiger charge is 2.40. The van der Waals surface area contributed by atoms with Crippen LogP contribution < -0.4 is 0 Å². The van der Waals surface area contributed by atoms with Crippen LogP contribution >= 0.6 is 11.3 Å². The molecule has 2 rings (SSSR count). The van der Waals surface area contributed by atoms with Gasteiger partial charge in [0.15, 0.2) is 0 Å². The third-order valence-corrected chi connectivity index (χ3v) is 3.36. The molecule has 1 aromatic rings. The Morgan fingerprint density at radius 2 is 2.29 bits per heavy atom. The third kappa shape index (κ3) is 2.53. The normalized spacial score (nSPS) is 18.9. The lowest BCUT2D eigenvalue weighted by Crippen LogP contribution is -2.10. The molecule has 14 heavy (non-hydrogen) atoms. The van der Waals surface area contributed by atoms with E-state index >= 15 is 0 Å². The fourth-order valence-corrected chi connectivity index (χ4v) is 2.59. The topological polar surface area (TPSA) is 36.4 Å². The lowest BCUT2D eigenvalue weighted by molar-refractivity contribution is 0.151. The first kappa shape index (κ1) is 10.1. The van der Waals surface area contributed by atoms with Crippen molar-refractivity contribution in [2.45, 2.75) is 31.4 Å². The van der Waals surface area contributed by atoms with Crippen LogP contribution in [0.4, 0.5) is 0 Å². The number of hydrogen-bond acceptors (Lipinski definition) is 4. The van der Waals surface area contributed by atoms with Crippen LogP contribution in [0.25, 0.3) is 0 Å². The van der Waals surface area contributed by atoms with Gasteiger partial charge in [-0.15, -0.1) is 11.3 Å². The highest BCUT2D eigenvalue weighted by atomic mass is 32.1. The molecule has 1 aliphatic rings. The van der Waals surface area contributed by atoms with Gasteiger partial charge in [-0.05, 0) is 26.9 Å². The van der Waals surface area contributed by atoms with E-state index in [2.05, 4.69) is 9.88 Å². The van der Waals surface area contributed by atoms with Gasteiger partial charge >= 0.3 is 0 Å². The molecule has 0 saturated heterocycles. The minimum absolute atomic E-state index is 0.409. The van der Waals surface area contributed by atoms with Gasteiger partial charge < -0.3 is 10.0 Å². The number of aromatic nitrogens is 1. The SMILES string of the molecule is CN(C)Cc1cnc(CC2(O)CC2)s1. The van der Waals surface area contributed by atoms with Gasteiger partial charge in [-0.1, -0.05) is 0 Å². The second-order valence-electron chi connectivity index (χ2n) is 4.36. The Bertz CT molecular complexity index is 318. The summed E-state index contributed by atoms with van der Waals surface area (Å²) in [4.78, 5) is 7.73. The van der Waals surface area contributed by atoms with Crippen molar-refractivity contribution in [1.82, 2.24) is 9.88 Å².